The summed E-state index contributed by atoms with van der Waals surface area (Å²) in [6, 6.07) is 12.3. The van der Waals surface area contributed by atoms with E-state index in [2.05, 4.69) is 20.7 Å². The lowest BCUT2D eigenvalue weighted by atomic mass is 10.1. The van der Waals surface area contributed by atoms with Gasteiger partial charge in [-0.05, 0) is 53.0 Å². The molecule has 2 aromatic rings. The first kappa shape index (κ1) is 16.7. The molecule has 2 aromatic carbocycles. The zero-order chi connectivity index (χ0) is 16.3. The first-order valence-electron chi connectivity index (χ1n) is 6.65. The predicted molar refractivity (Wildman–Crippen MR) is 89.1 cm³/mol. The molecule has 0 atom stereocenters. The minimum absolute atomic E-state index is 0.0168. The van der Waals surface area contributed by atoms with Crippen LogP contribution in [0.4, 0.5) is 0 Å². The number of carbonyl (C=O) groups excluding carboxylic acids is 1. The van der Waals surface area contributed by atoms with Crippen LogP contribution in [-0.4, -0.2) is 14.3 Å². The number of hydrogen-bond donors (Lipinski definition) is 1. The highest BCUT2D eigenvalue weighted by atomic mass is 79.9. The fourth-order valence-electron chi connectivity index (χ4n) is 1.95. The Hall–Kier alpha value is -1.66. The van der Waals surface area contributed by atoms with E-state index in [0.717, 1.165) is 16.7 Å². The molecule has 0 aliphatic heterocycles. The lowest BCUT2D eigenvalue weighted by Gasteiger charge is -2.09. The van der Waals surface area contributed by atoms with E-state index in [1.54, 1.807) is 19.1 Å². The second-order valence-electron chi connectivity index (χ2n) is 5.12. The zero-order valence-electron chi connectivity index (χ0n) is 12.3. The number of aryl methyl sites for hydroxylation is 2. The number of rotatable bonds is 4. The Balaban J connectivity index is 2.16. The van der Waals surface area contributed by atoms with Crippen molar-refractivity contribution in [3.63, 3.8) is 0 Å². The summed E-state index contributed by atoms with van der Waals surface area (Å²) in [5.74, 6) is -0.558. The first-order valence-corrected chi connectivity index (χ1v) is 8.93. The van der Waals surface area contributed by atoms with Gasteiger partial charge >= 0.3 is 0 Å². The third kappa shape index (κ3) is 4.18. The quantitative estimate of drug-likeness (QED) is 0.884. The third-order valence-electron chi connectivity index (χ3n) is 3.11. The van der Waals surface area contributed by atoms with Gasteiger partial charge in [-0.15, -0.1) is 0 Å². The minimum atomic E-state index is -3.89. The molecule has 1 N–H and O–H groups in total. The van der Waals surface area contributed by atoms with Crippen molar-refractivity contribution < 1.29 is 13.2 Å². The van der Waals surface area contributed by atoms with E-state index in [9.17, 15) is 13.2 Å². The van der Waals surface area contributed by atoms with Crippen LogP contribution in [-0.2, 0) is 21.2 Å². The van der Waals surface area contributed by atoms with E-state index in [1.165, 1.54) is 6.07 Å². The van der Waals surface area contributed by atoms with Crippen molar-refractivity contribution in [1.82, 2.24) is 4.72 Å². The Labute approximate surface area is 138 Å². The van der Waals surface area contributed by atoms with Crippen LogP contribution < -0.4 is 4.72 Å². The number of carbonyl (C=O) groups is 1. The van der Waals surface area contributed by atoms with Gasteiger partial charge in [0.05, 0.1) is 6.42 Å². The van der Waals surface area contributed by atoms with Gasteiger partial charge in [0, 0.05) is 4.47 Å². The smallest absolute Gasteiger partial charge is 0.265 e. The second kappa shape index (κ2) is 6.62. The van der Waals surface area contributed by atoms with Gasteiger partial charge in [0.15, 0.2) is 0 Å². The Bertz CT molecular complexity index is 799. The molecule has 0 aromatic heterocycles. The van der Waals surface area contributed by atoms with Crippen LogP contribution in [0.3, 0.4) is 0 Å². The predicted octanol–water partition coefficient (Wildman–Crippen LogP) is 3.11. The topological polar surface area (TPSA) is 63.2 Å². The molecule has 0 unspecified atom stereocenters. The Kier molecular flexibility index (Phi) is 5.03. The Morgan fingerprint density at radius 3 is 2.27 bits per heavy atom. The number of hydrogen-bond acceptors (Lipinski definition) is 3. The van der Waals surface area contributed by atoms with Gasteiger partial charge < -0.3 is 0 Å². The van der Waals surface area contributed by atoms with Crippen molar-refractivity contribution in [2.45, 2.75) is 25.2 Å². The van der Waals surface area contributed by atoms with Crippen LogP contribution in [0.5, 0.6) is 0 Å². The van der Waals surface area contributed by atoms with Crippen LogP contribution in [0.15, 0.2) is 51.8 Å². The number of benzene rings is 2. The van der Waals surface area contributed by atoms with Crippen molar-refractivity contribution in [3.05, 3.63) is 63.6 Å². The van der Waals surface area contributed by atoms with E-state index in [1.807, 2.05) is 31.2 Å². The van der Waals surface area contributed by atoms with E-state index in [4.69, 9.17) is 0 Å². The van der Waals surface area contributed by atoms with Crippen molar-refractivity contribution in [3.8, 4) is 0 Å². The maximum Gasteiger partial charge on any atom is 0.265 e. The summed E-state index contributed by atoms with van der Waals surface area (Å²) in [5.41, 5.74) is 2.65. The molecule has 0 saturated carbocycles. The summed E-state index contributed by atoms with van der Waals surface area (Å²) in [6.45, 7) is 3.74. The van der Waals surface area contributed by atoms with E-state index < -0.39 is 15.9 Å². The third-order valence-corrected chi connectivity index (χ3v) is 5.48. The van der Waals surface area contributed by atoms with Gasteiger partial charge in [-0.25, -0.2) is 13.1 Å². The molecule has 0 fully saturated rings. The van der Waals surface area contributed by atoms with Crippen LogP contribution >= 0.6 is 15.9 Å². The molecular weight excluding hydrogens is 366 g/mol. The molecule has 0 spiro atoms. The van der Waals surface area contributed by atoms with E-state index in [0.29, 0.717) is 4.47 Å². The van der Waals surface area contributed by atoms with Gasteiger partial charge in [0.1, 0.15) is 4.90 Å². The lowest BCUT2D eigenvalue weighted by molar-refractivity contribution is -0.118. The van der Waals surface area contributed by atoms with Crippen molar-refractivity contribution in [1.29, 1.82) is 0 Å². The molecule has 116 valence electrons. The minimum Gasteiger partial charge on any atom is -0.274 e. The van der Waals surface area contributed by atoms with Crippen molar-refractivity contribution in [2.75, 3.05) is 0 Å². The average Bonchev–Trinajstić information content (AvgIpc) is 2.43. The molecule has 0 heterocycles. The SMILES string of the molecule is Cc1ccc(CC(=O)NS(=O)(=O)c2cc(C)ccc2Br)cc1. The van der Waals surface area contributed by atoms with Gasteiger partial charge in [-0.1, -0.05) is 35.9 Å². The van der Waals surface area contributed by atoms with Crippen LogP contribution in [0.25, 0.3) is 0 Å². The van der Waals surface area contributed by atoms with E-state index in [-0.39, 0.29) is 11.3 Å². The maximum absolute atomic E-state index is 12.3. The standard InChI is InChI=1S/C16H16BrNO3S/c1-11-3-6-13(7-4-11)10-16(19)18-22(20,21)15-9-12(2)5-8-14(15)17/h3-9H,10H2,1-2H3,(H,18,19). The second-order valence-corrected chi connectivity index (χ2v) is 7.63. The van der Waals surface area contributed by atoms with Crippen molar-refractivity contribution >= 4 is 31.9 Å². The summed E-state index contributed by atoms with van der Waals surface area (Å²) >= 11 is 3.20. The van der Waals surface area contributed by atoms with E-state index >= 15 is 0 Å². The molecule has 4 nitrogen and oxygen atoms in total. The van der Waals surface area contributed by atoms with Gasteiger partial charge in [0.2, 0.25) is 5.91 Å². The Morgan fingerprint density at radius 1 is 1.05 bits per heavy atom. The molecule has 0 saturated heterocycles. The van der Waals surface area contributed by atoms with Gasteiger partial charge in [-0.3, -0.25) is 4.79 Å². The molecule has 0 aliphatic rings. The lowest BCUT2D eigenvalue weighted by Crippen LogP contribution is -2.32. The summed E-state index contributed by atoms with van der Waals surface area (Å²) < 4.78 is 27.1. The van der Waals surface area contributed by atoms with Crippen LogP contribution in [0.1, 0.15) is 16.7 Å². The molecule has 22 heavy (non-hydrogen) atoms. The Morgan fingerprint density at radius 2 is 1.64 bits per heavy atom. The van der Waals surface area contributed by atoms with Crippen LogP contribution in [0, 0.1) is 13.8 Å². The number of nitrogens with one attached hydrogen (secondary N) is 1. The highest BCUT2D eigenvalue weighted by Gasteiger charge is 2.20. The van der Waals surface area contributed by atoms with Crippen LogP contribution in [0.2, 0.25) is 0 Å². The maximum atomic E-state index is 12.3. The molecule has 6 heteroatoms. The molecule has 0 bridgehead atoms. The molecule has 1 amide bonds. The average molecular weight is 382 g/mol. The summed E-state index contributed by atoms with van der Waals surface area (Å²) in [7, 11) is -3.89. The number of sulfonamides is 1. The zero-order valence-corrected chi connectivity index (χ0v) is 14.7. The first-order chi connectivity index (χ1) is 10.3. The summed E-state index contributed by atoms with van der Waals surface area (Å²) in [4.78, 5) is 12.0. The summed E-state index contributed by atoms with van der Waals surface area (Å²) in [5, 5.41) is 0. The number of amides is 1. The normalized spacial score (nSPS) is 11.2. The highest BCUT2D eigenvalue weighted by Crippen LogP contribution is 2.22. The largest absolute Gasteiger partial charge is 0.274 e. The van der Waals surface area contributed by atoms with Gasteiger partial charge in [-0.2, -0.15) is 0 Å². The fourth-order valence-corrected chi connectivity index (χ4v) is 3.98. The summed E-state index contributed by atoms with van der Waals surface area (Å²) in [6.07, 6.45) is 0.0168. The van der Waals surface area contributed by atoms with Crippen molar-refractivity contribution in [2.24, 2.45) is 0 Å². The molecule has 0 radical (unpaired) electrons. The molecule has 2 rings (SSSR count). The molecular formula is C16H16BrNO3S. The molecule has 0 aliphatic carbocycles. The highest BCUT2D eigenvalue weighted by molar-refractivity contribution is 9.10. The monoisotopic (exact) mass is 381 g/mol. The fraction of sp³-hybridized carbons (Fsp3) is 0.188. The van der Waals surface area contributed by atoms with Gasteiger partial charge in [0.25, 0.3) is 10.0 Å². The number of halogens is 1.